The summed E-state index contributed by atoms with van der Waals surface area (Å²) in [6, 6.07) is 47.1. The number of hydrogen-bond acceptors (Lipinski definition) is 2. The van der Waals surface area contributed by atoms with Gasteiger partial charge in [0.1, 0.15) is 0 Å². The van der Waals surface area contributed by atoms with Crippen molar-refractivity contribution >= 4 is 40.5 Å². The molecule has 1 saturated carbocycles. The molecule has 2 nitrogen and oxygen atoms in total. The summed E-state index contributed by atoms with van der Waals surface area (Å²) in [7, 11) is 0. The molecule has 7 aliphatic rings. The van der Waals surface area contributed by atoms with Crippen LogP contribution >= 0.6 is 0 Å². The maximum absolute atomic E-state index is 3.08. The fourth-order valence-electron chi connectivity index (χ4n) is 16.7. The van der Waals surface area contributed by atoms with Gasteiger partial charge in [0.15, 0.2) is 0 Å². The highest BCUT2D eigenvalue weighted by molar-refractivity contribution is 6.93. The van der Waals surface area contributed by atoms with Gasteiger partial charge < -0.3 is 9.71 Å². The van der Waals surface area contributed by atoms with Gasteiger partial charge in [-0.25, -0.2) is 0 Å². The predicted octanol–water partition coefficient (Wildman–Crippen LogP) is 17.9. The molecule has 7 aromatic rings. The zero-order valence-corrected chi connectivity index (χ0v) is 48.2. The SMILES string of the molecule is CC(C)(C)c1ccc(N2c3cc4c(c5c3B(c3ccc6c(c32)-c2cc3c(cc2C6(C)C)C(C)(C)CCC3(C)C)N2c3c-5cc(C(C)(C)C)cc3C3(C)CCCCC23C)-c2ccccc2C4(C)C)c(-c2ccccc2)c1. The van der Waals surface area contributed by atoms with Crippen molar-refractivity contribution in [1.29, 1.82) is 0 Å². The summed E-state index contributed by atoms with van der Waals surface area (Å²) in [5.41, 5.74) is 32.4. The van der Waals surface area contributed by atoms with Crippen molar-refractivity contribution in [3.63, 3.8) is 0 Å². The topological polar surface area (TPSA) is 6.48 Å². The number of benzene rings is 7. The summed E-state index contributed by atoms with van der Waals surface area (Å²) >= 11 is 0. The monoisotopic (exact) mass is 983 g/mol. The Morgan fingerprint density at radius 1 is 0.427 bits per heavy atom. The molecule has 0 amide bonds. The Balaban J connectivity index is 1.20. The lowest BCUT2D eigenvalue weighted by atomic mass is 9.41. The fraction of sp³-hybridized carbons (Fsp3) is 0.417. The molecule has 3 heterocycles. The van der Waals surface area contributed by atoms with Crippen molar-refractivity contribution in [3.05, 3.63) is 165 Å². The van der Waals surface area contributed by atoms with Crippen LogP contribution in [0.25, 0.3) is 44.5 Å². The van der Waals surface area contributed by atoms with Gasteiger partial charge in [-0.3, -0.25) is 0 Å². The van der Waals surface area contributed by atoms with Gasteiger partial charge in [-0.05, 0) is 173 Å². The zero-order valence-electron chi connectivity index (χ0n) is 48.2. The Kier molecular flexibility index (Phi) is 9.28. The molecule has 0 spiro atoms. The normalized spacial score (nSPS) is 23.1. The van der Waals surface area contributed by atoms with Crippen LogP contribution in [0.4, 0.5) is 22.7 Å². The maximum atomic E-state index is 3.08. The number of hydrogen-bond donors (Lipinski definition) is 0. The van der Waals surface area contributed by atoms with Crippen LogP contribution in [-0.4, -0.2) is 12.4 Å². The van der Waals surface area contributed by atoms with E-state index in [1.165, 1.54) is 156 Å². The number of nitrogens with zero attached hydrogens (tertiary/aromatic N) is 2. The second kappa shape index (κ2) is 14.6. The highest BCUT2D eigenvalue weighted by Gasteiger charge is 2.64. The number of anilines is 4. The molecule has 0 radical (unpaired) electrons. The van der Waals surface area contributed by atoms with Gasteiger partial charge in [0.2, 0.25) is 0 Å². The van der Waals surface area contributed by atoms with Crippen molar-refractivity contribution in [2.45, 2.75) is 193 Å². The first-order valence-electron chi connectivity index (χ1n) is 28.9. The minimum atomic E-state index is -0.226. The molecule has 2 unspecified atom stereocenters. The highest BCUT2D eigenvalue weighted by Crippen LogP contribution is 2.67. The largest absolute Gasteiger partial charge is 0.400 e. The van der Waals surface area contributed by atoms with Crippen LogP contribution in [0.2, 0.25) is 0 Å². The third kappa shape index (κ3) is 5.95. The Hall–Kier alpha value is -5.80. The summed E-state index contributed by atoms with van der Waals surface area (Å²) in [4.78, 5) is 5.94. The van der Waals surface area contributed by atoms with E-state index in [1.54, 1.807) is 11.1 Å². The molecule has 4 aliphatic carbocycles. The molecule has 2 atom stereocenters. The van der Waals surface area contributed by atoms with E-state index in [0.29, 0.717) is 0 Å². The Morgan fingerprint density at radius 3 is 1.77 bits per heavy atom. The smallest absolute Gasteiger partial charge is 0.328 e. The van der Waals surface area contributed by atoms with Crippen LogP contribution in [0.3, 0.4) is 0 Å². The van der Waals surface area contributed by atoms with Crippen molar-refractivity contribution in [2.24, 2.45) is 0 Å². The van der Waals surface area contributed by atoms with Gasteiger partial charge in [0, 0.05) is 49.8 Å². The van der Waals surface area contributed by atoms with Gasteiger partial charge >= 0.3 is 6.85 Å². The van der Waals surface area contributed by atoms with Crippen LogP contribution in [0.1, 0.15) is 199 Å². The van der Waals surface area contributed by atoms with Gasteiger partial charge in [0.05, 0.1) is 11.4 Å². The van der Waals surface area contributed by atoms with Crippen molar-refractivity contribution < 1.29 is 0 Å². The van der Waals surface area contributed by atoms with Gasteiger partial charge in [-0.1, -0.05) is 202 Å². The lowest BCUT2D eigenvalue weighted by Gasteiger charge is -2.55. The van der Waals surface area contributed by atoms with E-state index in [4.69, 9.17) is 0 Å². The Labute approximate surface area is 450 Å². The van der Waals surface area contributed by atoms with E-state index in [9.17, 15) is 0 Å². The molecule has 75 heavy (non-hydrogen) atoms. The molecule has 0 N–H and O–H groups in total. The van der Waals surface area contributed by atoms with Crippen molar-refractivity contribution in [1.82, 2.24) is 0 Å². The lowest BCUT2D eigenvalue weighted by Crippen LogP contribution is -2.71. The van der Waals surface area contributed by atoms with E-state index < -0.39 is 0 Å². The van der Waals surface area contributed by atoms with Gasteiger partial charge in [-0.15, -0.1) is 0 Å². The van der Waals surface area contributed by atoms with E-state index >= 15 is 0 Å². The van der Waals surface area contributed by atoms with Crippen LogP contribution in [0.5, 0.6) is 0 Å². The summed E-state index contributed by atoms with van der Waals surface area (Å²) < 4.78 is 0. The second-order valence-corrected chi connectivity index (χ2v) is 29.5. The third-order valence-corrected chi connectivity index (χ3v) is 21.6. The van der Waals surface area contributed by atoms with Crippen molar-refractivity contribution in [3.8, 4) is 44.5 Å². The highest BCUT2D eigenvalue weighted by atomic mass is 15.2. The molecule has 3 aliphatic heterocycles. The standard InChI is InChI=1S/C72H79BN2/c1-65(2,3)43-28-31-57(46(36-43)42-24-18-17-19-25-42)74-58-41-54-59(45-26-20-21-27-49(45)69(54,11)12)61-48-37-44(66(4,5)6)38-55-63(48)75(72(16)33-23-22-32-71(55,72)15)73(62(58)61)56-30-29-50-60(64(56)74)47-39-52-53(40-51(47)70(50,13)14)68(9,10)35-34-67(52,7)8/h17-21,24-31,36-41H,22-23,32-35H2,1-16H3. The molecule has 380 valence electrons. The first-order valence-corrected chi connectivity index (χ1v) is 28.9. The van der Waals surface area contributed by atoms with Crippen LogP contribution in [0, 0.1) is 0 Å². The predicted molar refractivity (Wildman–Crippen MR) is 322 cm³/mol. The zero-order chi connectivity index (χ0) is 52.7. The van der Waals surface area contributed by atoms with Gasteiger partial charge in [-0.2, -0.15) is 0 Å². The minimum absolute atomic E-state index is 0.00132. The summed E-state index contributed by atoms with van der Waals surface area (Å²) in [6.45, 7) is 39.9. The average Bonchev–Trinajstić information content (AvgIpc) is 4.01. The Bertz CT molecular complexity index is 3680. The number of fused-ring (bicyclic) bond motifs is 16. The quantitative estimate of drug-likeness (QED) is 0.159. The summed E-state index contributed by atoms with van der Waals surface area (Å²) in [6.07, 6.45) is 7.28. The van der Waals surface area contributed by atoms with Gasteiger partial charge in [0.25, 0.3) is 0 Å². The van der Waals surface area contributed by atoms with Crippen LogP contribution in [-0.2, 0) is 37.9 Å². The lowest BCUT2D eigenvalue weighted by molar-refractivity contribution is 0.199. The average molecular weight is 983 g/mol. The van der Waals surface area contributed by atoms with E-state index in [-0.39, 0.29) is 50.3 Å². The minimum Gasteiger partial charge on any atom is -0.400 e. The molecule has 0 bridgehead atoms. The summed E-state index contributed by atoms with van der Waals surface area (Å²) in [5.74, 6) is 0. The van der Waals surface area contributed by atoms with Crippen LogP contribution < -0.4 is 20.6 Å². The van der Waals surface area contributed by atoms with E-state index in [2.05, 4.69) is 236 Å². The molecule has 0 aromatic heterocycles. The number of rotatable bonds is 2. The first kappa shape index (κ1) is 47.6. The molecule has 0 saturated heterocycles. The maximum Gasteiger partial charge on any atom is 0.328 e. The van der Waals surface area contributed by atoms with E-state index in [0.717, 1.165) is 0 Å². The molecule has 3 heteroatoms. The molecular weight excluding hydrogens is 904 g/mol. The fourth-order valence-corrected chi connectivity index (χ4v) is 16.7. The van der Waals surface area contributed by atoms with Crippen molar-refractivity contribution in [2.75, 3.05) is 9.71 Å². The first-order chi connectivity index (χ1) is 35.2. The van der Waals surface area contributed by atoms with E-state index in [1.807, 2.05) is 0 Å². The summed E-state index contributed by atoms with van der Waals surface area (Å²) in [5, 5.41) is 0. The Morgan fingerprint density at radius 2 is 1.07 bits per heavy atom. The molecule has 7 aromatic carbocycles. The third-order valence-electron chi connectivity index (χ3n) is 21.6. The molecular formula is C72H79BN2. The molecule has 1 fully saturated rings. The second-order valence-electron chi connectivity index (χ2n) is 29.5. The molecule has 14 rings (SSSR count). The van der Waals surface area contributed by atoms with Crippen LogP contribution in [0.15, 0.2) is 115 Å².